The number of benzene rings is 2. The molecule has 0 fully saturated rings. The van der Waals surface area contributed by atoms with Gasteiger partial charge in [-0.2, -0.15) is 0 Å². The van der Waals surface area contributed by atoms with Crippen LogP contribution in [-0.2, 0) is 0 Å². The van der Waals surface area contributed by atoms with Crippen molar-refractivity contribution in [2.45, 2.75) is 13.8 Å². The van der Waals surface area contributed by atoms with Crippen LogP contribution in [0.15, 0.2) is 0 Å². The molecule has 0 atom stereocenters. The Kier molecular flexibility index (Phi) is 3.57. The summed E-state index contributed by atoms with van der Waals surface area (Å²) in [5, 5.41) is 21.7. The quantitative estimate of drug-likeness (QED) is 0.861. The van der Waals surface area contributed by atoms with E-state index in [9.17, 15) is 10.2 Å². The van der Waals surface area contributed by atoms with Crippen LogP contribution in [0.1, 0.15) is 11.1 Å². The lowest BCUT2D eigenvalue weighted by Gasteiger charge is -2.20. The summed E-state index contributed by atoms with van der Waals surface area (Å²) >= 11 is 0. The molecule has 2 heterocycles. The Labute approximate surface area is 149 Å². The lowest BCUT2D eigenvalue weighted by Crippen LogP contribution is -1.98. The minimum atomic E-state index is -0.157. The number of rotatable bonds is 3. The lowest BCUT2D eigenvalue weighted by atomic mass is 9.92. The summed E-state index contributed by atoms with van der Waals surface area (Å²) < 4.78 is 32.5. The van der Waals surface area contributed by atoms with Crippen molar-refractivity contribution in [2.75, 3.05) is 27.8 Å². The van der Waals surface area contributed by atoms with Crippen molar-refractivity contribution in [1.82, 2.24) is 0 Å². The molecule has 8 nitrogen and oxygen atoms in total. The van der Waals surface area contributed by atoms with Gasteiger partial charge in [-0.3, -0.25) is 0 Å². The highest BCUT2D eigenvalue weighted by Gasteiger charge is 2.35. The number of phenolic OH excluding ortho intramolecular Hbond substituents is 2. The van der Waals surface area contributed by atoms with Crippen molar-refractivity contribution >= 4 is 0 Å². The molecule has 0 spiro atoms. The third kappa shape index (κ3) is 1.95. The first-order chi connectivity index (χ1) is 12.5. The van der Waals surface area contributed by atoms with Crippen LogP contribution < -0.4 is 28.4 Å². The standard InChI is InChI=1S/C18H18O8/c1-7-9(11(19)15-17(13(7)21-3)25-5-23-15)10-8(2)14(22-4)18-16(12(10)20)24-6-26-18/h19-20H,5-6H2,1-4H3. The Balaban J connectivity index is 2.10. The van der Waals surface area contributed by atoms with Gasteiger partial charge in [0.1, 0.15) is 0 Å². The number of methoxy groups -OCH3 is 2. The first kappa shape index (κ1) is 16.3. The van der Waals surface area contributed by atoms with Gasteiger partial charge in [0.15, 0.2) is 23.0 Å². The average Bonchev–Trinajstić information content (AvgIpc) is 3.28. The SMILES string of the molecule is COc1c(C)c(-c2c(C)c(OC)c3c(c2O)OCO3)c(O)c2c1OCO2. The molecule has 0 aromatic heterocycles. The maximum atomic E-state index is 10.8. The molecule has 2 aliphatic heterocycles. The second-order valence-electron chi connectivity index (χ2n) is 5.89. The van der Waals surface area contributed by atoms with Gasteiger partial charge in [-0.15, -0.1) is 0 Å². The molecule has 2 aromatic rings. The fraction of sp³-hybridized carbons (Fsp3) is 0.333. The summed E-state index contributed by atoms with van der Waals surface area (Å²) in [5.41, 5.74) is 1.84. The molecule has 0 saturated heterocycles. The second-order valence-corrected chi connectivity index (χ2v) is 5.89. The zero-order valence-electron chi connectivity index (χ0n) is 14.8. The molecule has 0 unspecified atom stereocenters. The summed E-state index contributed by atoms with van der Waals surface area (Å²) in [6.07, 6.45) is 0. The predicted octanol–water partition coefficient (Wildman–Crippen LogP) is 2.86. The smallest absolute Gasteiger partial charge is 0.231 e. The fourth-order valence-corrected chi connectivity index (χ4v) is 3.50. The molecule has 4 rings (SSSR count). The second kappa shape index (κ2) is 5.69. The van der Waals surface area contributed by atoms with E-state index in [1.165, 1.54) is 14.2 Å². The van der Waals surface area contributed by atoms with Crippen molar-refractivity contribution in [3.05, 3.63) is 11.1 Å². The van der Waals surface area contributed by atoms with Crippen LogP contribution in [0.25, 0.3) is 11.1 Å². The molecule has 2 aliphatic rings. The van der Waals surface area contributed by atoms with Crippen molar-refractivity contribution in [3.8, 4) is 57.1 Å². The van der Waals surface area contributed by atoms with Gasteiger partial charge in [0.25, 0.3) is 0 Å². The van der Waals surface area contributed by atoms with Crippen LogP contribution in [-0.4, -0.2) is 38.0 Å². The van der Waals surface area contributed by atoms with Gasteiger partial charge in [-0.25, -0.2) is 0 Å². The van der Waals surface area contributed by atoms with E-state index in [1.54, 1.807) is 13.8 Å². The highest BCUT2D eigenvalue weighted by molar-refractivity contribution is 5.91. The van der Waals surface area contributed by atoms with E-state index in [2.05, 4.69) is 0 Å². The minimum Gasteiger partial charge on any atom is -0.504 e. The number of hydrogen-bond acceptors (Lipinski definition) is 8. The van der Waals surface area contributed by atoms with E-state index < -0.39 is 0 Å². The normalized spacial score (nSPS) is 13.8. The topological polar surface area (TPSA) is 95.8 Å². The highest BCUT2D eigenvalue weighted by Crippen LogP contribution is 2.60. The molecule has 0 radical (unpaired) electrons. The van der Waals surface area contributed by atoms with Gasteiger partial charge in [0.05, 0.1) is 14.2 Å². The molecule has 0 amide bonds. The number of aromatic hydroxyl groups is 2. The average molecular weight is 362 g/mol. The summed E-state index contributed by atoms with van der Waals surface area (Å²) in [6, 6.07) is 0. The molecule has 2 N–H and O–H groups in total. The first-order valence-corrected chi connectivity index (χ1v) is 7.89. The van der Waals surface area contributed by atoms with Gasteiger partial charge >= 0.3 is 0 Å². The third-order valence-corrected chi connectivity index (χ3v) is 4.63. The van der Waals surface area contributed by atoms with Gasteiger partial charge in [-0.05, 0) is 13.8 Å². The zero-order valence-corrected chi connectivity index (χ0v) is 14.8. The summed E-state index contributed by atoms with van der Waals surface area (Å²) in [4.78, 5) is 0. The number of fused-ring (bicyclic) bond motifs is 2. The Bertz CT molecular complexity index is 843. The summed E-state index contributed by atoms with van der Waals surface area (Å²) in [7, 11) is 3.00. The largest absolute Gasteiger partial charge is 0.504 e. The van der Waals surface area contributed by atoms with E-state index in [0.29, 0.717) is 45.3 Å². The fourth-order valence-electron chi connectivity index (χ4n) is 3.50. The molecule has 0 bridgehead atoms. The van der Waals surface area contributed by atoms with Gasteiger partial charge in [0, 0.05) is 22.3 Å². The molecular formula is C18H18O8. The summed E-state index contributed by atoms with van der Waals surface area (Å²) in [6.45, 7) is 3.45. The van der Waals surface area contributed by atoms with Gasteiger partial charge in [-0.1, -0.05) is 0 Å². The van der Waals surface area contributed by atoms with Crippen molar-refractivity contribution in [3.63, 3.8) is 0 Å². The summed E-state index contributed by atoms with van der Waals surface area (Å²) in [5.74, 6) is 1.51. The Morgan fingerprint density at radius 2 is 1.00 bits per heavy atom. The third-order valence-electron chi connectivity index (χ3n) is 4.63. The minimum absolute atomic E-state index is 0.0302. The van der Waals surface area contributed by atoms with E-state index in [0.717, 1.165) is 0 Å². The molecule has 0 saturated carbocycles. The first-order valence-electron chi connectivity index (χ1n) is 7.89. The van der Waals surface area contributed by atoms with Crippen LogP contribution in [0, 0.1) is 13.8 Å². The molecule has 2 aromatic carbocycles. The number of phenols is 2. The van der Waals surface area contributed by atoms with E-state index >= 15 is 0 Å². The Morgan fingerprint density at radius 3 is 1.35 bits per heavy atom. The monoisotopic (exact) mass is 362 g/mol. The Hall–Kier alpha value is -3.16. The highest BCUT2D eigenvalue weighted by atomic mass is 16.7. The van der Waals surface area contributed by atoms with E-state index in [-0.39, 0.29) is 36.6 Å². The van der Waals surface area contributed by atoms with Crippen molar-refractivity contribution < 1.29 is 38.6 Å². The maximum absolute atomic E-state index is 10.8. The van der Waals surface area contributed by atoms with E-state index in [4.69, 9.17) is 28.4 Å². The number of hydrogen-bond donors (Lipinski definition) is 2. The van der Waals surface area contributed by atoms with Crippen LogP contribution >= 0.6 is 0 Å². The predicted molar refractivity (Wildman–Crippen MR) is 90.0 cm³/mol. The molecule has 8 heteroatoms. The lowest BCUT2D eigenvalue weighted by molar-refractivity contribution is 0.168. The maximum Gasteiger partial charge on any atom is 0.231 e. The molecular weight excluding hydrogens is 344 g/mol. The van der Waals surface area contributed by atoms with E-state index in [1.807, 2.05) is 0 Å². The van der Waals surface area contributed by atoms with Crippen molar-refractivity contribution in [2.24, 2.45) is 0 Å². The van der Waals surface area contributed by atoms with Crippen LogP contribution in [0.2, 0.25) is 0 Å². The van der Waals surface area contributed by atoms with Crippen LogP contribution in [0.4, 0.5) is 0 Å². The van der Waals surface area contributed by atoms with Crippen molar-refractivity contribution in [1.29, 1.82) is 0 Å². The van der Waals surface area contributed by atoms with Gasteiger partial charge < -0.3 is 38.6 Å². The molecule has 138 valence electrons. The van der Waals surface area contributed by atoms with Gasteiger partial charge in [0.2, 0.25) is 36.6 Å². The molecule has 26 heavy (non-hydrogen) atoms. The number of ether oxygens (including phenoxy) is 6. The van der Waals surface area contributed by atoms with Crippen LogP contribution in [0.3, 0.4) is 0 Å². The Morgan fingerprint density at radius 1 is 0.654 bits per heavy atom. The zero-order chi connectivity index (χ0) is 18.6. The molecule has 0 aliphatic carbocycles. The van der Waals surface area contributed by atoms with Crippen LogP contribution in [0.5, 0.6) is 46.0 Å².